The van der Waals surface area contributed by atoms with Crippen LogP contribution in [-0.4, -0.2) is 5.71 Å². The highest BCUT2D eigenvalue weighted by atomic mass is 14.7. The van der Waals surface area contributed by atoms with Crippen LogP contribution >= 0.6 is 0 Å². The first-order valence-corrected chi connectivity index (χ1v) is 3.93. The molecule has 0 aromatic rings. The van der Waals surface area contributed by atoms with Gasteiger partial charge in [-0.3, -0.25) is 4.99 Å². The molecule has 0 N–H and O–H groups in total. The summed E-state index contributed by atoms with van der Waals surface area (Å²) in [5.74, 6) is 0. The van der Waals surface area contributed by atoms with E-state index >= 15 is 0 Å². The molecule has 0 saturated heterocycles. The quantitative estimate of drug-likeness (QED) is 0.548. The average Bonchev–Trinajstić information content (AvgIpc) is 1.87. The zero-order valence-corrected chi connectivity index (χ0v) is 7.94. The van der Waals surface area contributed by atoms with Crippen LogP contribution < -0.4 is 0 Å². The second kappa shape index (κ2) is 4.89. The van der Waals surface area contributed by atoms with E-state index in [0.29, 0.717) is 0 Å². The zero-order chi connectivity index (χ0) is 8.85. The Labute approximate surface area is 69.5 Å². The van der Waals surface area contributed by atoms with Gasteiger partial charge < -0.3 is 0 Å². The second-order valence-corrected chi connectivity index (χ2v) is 2.92. The number of rotatable bonds is 3. The number of nitrogens with zero attached hydrogens (tertiary/aromatic N) is 1. The van der Waals surface area contributed by atoms with E-state index in [9.17, 15) is 0 Å². The first-order valence-electron chi connectivity index (χ1n) is 3.93. The molecule has 0 aliphatic heterocycles. The molecule has 0 aromatic heterocycles. The molecule has 1 nitrogen and oxygen atoms in total. The van der Waals surface area contributed by atoms with E-state index in [1.807, 2.05) is 27.0 Å². The van der Waals surface area contributed by atoms with E-state index in [1.54, 1.807) is 0 Å². The van der Waals surface area contributed by atoms with Crippen LogP contribution in [0.5, 0.6) is 0 Å². The van der Waals surface area contributed by atoms with Gasteiger partial charge in [0.1, 0.15) is 0 Å². The summed E-state index contributed by atoms with van der Waals surface area (Å²) in [5.41, 5.74) is 3.37. The van der Waals surface area contributed by atoms with Crippen molar-refractivity contribution in [1.29, 1.82) is 0 Å². The molecule has 0 radical (unpaired) electrons. The van der Waals surface area contributed by atoms with Gasteiger partial charge in [0.25, 0.3) is 0 Å². The third kappa shape index (κ3) is 4.54. The van der Waals surface area contributed by atoms with Crippen molar-refractivity contribution in [2.45, 2.75) is 34.1 Å². The van der Waals surface area contributed by atoms with Crippen molar-refractivity contribution in [3.8, 4) is 0 Å². The van der Waals surface area contributed by atoms with Gasteiger partial charge in [-0.15, -0.1) is 0 Å². The highest BCUT2D eigenvalue weighted by Gasteiger charge is 1.93. The Morgan fingerprint density at radius 2 is 1.91 bits per heavy atom. The Morgan fingerprint density at radius 1 is 1.36 bits per heavy atom. The van der Waals surface area contributed by atoms with Crippen LogP contribution in [0.15, 0.2) is 28.9 Å². The van der Waals surface area contributed by atoms with Crippen LogP contribution in [0.4, 0.5) is 0 Å². The normalized spacial score (nSPS) is 11.1. The standard InChI is InChI=1S/C10H17N/c1-6-10(9(4)5)11-7-8(2)3/h7H,4,6H2,1-3,5H3/b11-10-. The van der Waals surface area contributed by atoms with Gasteiger partial charge >= 0.3 is 0 Å². The molecule has 0 aromatic carbocycles. The Morgan fingerprint density at radius 3 is 2.18 bits per heavy atom. The topological polar surface area (TPSA) is 12.4 Å². The van der Waals surface area contributed by atoms with Crippen molar-refractivity contribution in [1.82, 2.24) is 0 Å². The molecular weight excluding hydrogens is 134 g/mol. The highest BCUT2D eigenvalue weighted by Crippen LogP contribution is 2.00. The number of hydrogen-bond donors (Lipinski definition) is 0. The van der Waals surface area contributed by atoms with Crippen LogP contribution in [0.2, 0.25) is 0 Å². The van der Waals surface area contributed by atoms with Gasteiger partial charge in [-0.25, -0.2) is 0 Å². The third-order valence-electron chi connectivity index (χ3n) is 1.31. The highest BCUT2D eigenvalue weighted by molar-refractivity contribution is 5.99. The second-order valence-electron chi connectivity index (χ2n) is 2.92. The molecule has 0 rings (SSSR count). The molecule has 0 saturated carbocycles. The van der Waals surface area contributed by atoms with E-state index in [1.165, 1.54) is 5.57 Å². The number of aliphatic imine (C=N–C) groups is 1. The Balaban J connectivity index is 4.37. The smallest absolute Gasteiger partial charge is 0.0424 e. The zero-order valence-electron chi connectivity index (χ0n) is 7.94. The van der Waals surface area contributed by atoms with Crippen LogP contribution in [0.25, 0.3) is 0 Å². The summed E-state index contributed by atoms with van der Waals surface area (Å²) in [7, 11) is 0. The van der Waals surface area contributed by atoms with Crippen molar-refractivity contribution in [3.05, 3.63) is 23.9 Å². The largest absolute Gasteiger partial charge is 0.261 e. The lowest BCUT2D eigenvalue weighted by molar-refractivity contribution is 1.24. The van der Waals surface area contributed by atoms with Crippen LogP contribution in [-0.2, 0) is 0 Å². The Bertz CT molecular complexity index is 193. The monoisotopic (exact) mass is 151 g/mol. The van der Waals surface area contributed by atoms with Gasteiger partial charge in [-0.05, 0) is 32.8 Å². The van der Waals surface area contributed by atoms with E-state index in [2.05, 4.69) is 18.5 Å². The van der Waals surface area contributed by atoms with Gasteiger partial charge in [0, 0.05) is 11.9 Å². The van der Waals surface area contributed by atoms with Gasteiger partial charge in [0.15, 0.2) is 0 Å². The minimum atomic E-state index is 0.957. The Hall–Kier alpha value is -0.850. The fourth-order valence-electron chi connectivity index (χ4n) is 0.710. The summed E-state index contributed by atoms with van der Waals surface area (Å²) in [5, 5.41) is 0. The molecule has 0 spiro atoms. The van der Waals surface area contributed by atoms with Crippen LogP contribution in [0.1, 0.15) is 34.1 Å². The third-order valence-corrected chi connectivity index (χ3v) is 1.31. The van der Waals surface area contributed by atoms with Crippen molar-refractivity contribution >= 4 is 5.71 Å². The lowest BCUT2D eigenvalue weighted by Crippen LogP contribution is -1.95. The molecule has 11 heavy (non-hydrogen) atoms. The maximum absolute atomic E-state index is 4.30. The molecule has 62 valence electrons. The SMILES string of the molecule is C=C(C)/C(CC)=N\C=C(C)C. The molecular formula is C10H17N. The number of allylic oxidation sites excluding steroid dienone is 2. The summed E-state index contributed by atoms with van der Waals surface area (Å²) >= 11 is 0. The maximum atomic E-state index is 4.30. The first-order chi connectivity index (χ1) is 5.07. The van der Waals surface area contributed by atoms with Gasteiger partial charge in [0.2, 0.25) is 0 Å². The first kappa shape index (κ1) is 10.2. The minimum absolute atomic E-state index is 0.957. The van der Waals surface area contributed by atoms with Crippen molar-refractivity contribution in [2.75, 3.05) is 0 Å². The summed E-state index contributed by atoms with van der Waals surface area (Å²) in [6, 6.07) is 0. The lowest BCUT2D eigenvalue weighted by atomic mass is 10.1. The van der Waals surface area contributed by atoms with Crippen molar-refractivity contribution in [3.63, 3.8) is 0 Å². The maximum Gasteiger partial charge on any atom is 0.0424 e. The molecule has 0 unspecified atom stereocenters. The molecule has 0 amide bonds. The summed E-state index contributed by atoms with van der Waals surface area (Å²) in [4.78, 5) is 4.30. The molecule has 0 aliphatic carbocycles. The lowest BCUT2D eigenvalue weighted by Gasteiger charge is -1.98. The molecule has 0 aliphatic rings. The summed E-state index contributed by atoms with van der Waals surface area (Å²) in [6.07, 6.45) is 2.84. The fraction of sp³-hybridized carbons (Fsp3) is 0.500. The van der Waals surface area contributed by atoms with Gasteiger partial charge in [-0.1, -0.05) is 19.1 Å². The number of hydrogen-bond acceptors (Lipinski definition) is 1. The van der Waals surface area contributed by atoms with E-state index < -0.39 is 0 Å². The van der Waals surface area contributed by atoms with E-state index in [4.69, 9.17) is 0 Å². The fourth-order valence-corrected chi connectivity index (χ4v) is 0.710. The van der Waals surface area contributed by atoms with Crippen LogP contribution in [0, 0.1) is 0 Å². The summed E-state index contributed by atoms with van der Waals surface area (Å²) < 4.78 is 0. The average molecular weight is 151 g/mol. The van der Waals surface area contributed by atoms with E-state index in [0.717, 1.165) is 17.7 Å². The predicted molar refractivity (Wildman–Crippen MR) is 52.0 cm³/mol. The van der Waals surface area contributed by atoms with Crippen molar-refractivity contribution < 1.29 is 0 Å². The minimum Gasteiger partial charge on any atom is -0.261 e. The molecule has 0 atom stereocenters. The molecule has 1 heteroatoms. The molecule has 0 heterocycles. The van der Waals surface area contributed by atoms with Crippen LogP contribution in [0.3, 0.4) is 0 Å². The van der Waals surface area contributed by atoms with Crippen molar-refractivity contribution in [2.24, 2.45) is 4.99 Å². The van der Waals surface area contributed by atoms with E-state index in [-0.39, 0.29) is 0 Å². The Kier molecular flexibility index (Phi) is 4.51. The predicted octanol–water partition coefficient (Wildman–Crippen LogP) is 3.34. The summed E-state index contributed by atoms with van der Waals surface area (Å²) in [6.45, 7) is 12.0. The molecule has 0 bridgehead atoms. The molecule has 0 fully saturated rings. The van der Waals surface area contributed by atoms with Gasteiger partial charge in [0.05, 0.1) is 0 Å². The van der Waals surface area contributed by atoms with Gasteiger partial charge in [-0.2, -0.15) is 0 Å².